The van der Waals surface area contributed by atoms with E-state index in [1.54, 1.807) is 20.8 Å². The summed E-state index contributed by atoms with van der Waals surface area (Å²) in [7, 11) is 0. The molecule has 0 spiro atoms. The summed E-state index contributed by atoms with van der Waals surface area (Å²) in [5.74, 6) is 0. The molecule has 6 heteroatoms. The normalized spacial score (nSPS) is 24.3. The van der Waals surface area contributed by atoms with E-state index in [-0.39, 0.29) is 12.1 Å². The van der Waals surface area contributed by atoms with Crippen LogP contribution in [-0.4, -0.2) is 36.9 Å². The molecule has 1 rings (SSSR count). The van der Waals surface area contributed by atoms with Gasteiger partial charge < -0.3 is 14.8 Å². The summed E-state index contributed by atoms with van der Waals surface area (Å²) in [5.41, 5.74) is -0.533. The van der Waals surface area contributed by atoms with Gasteiger partial charge >= 0.3 is 6.09 Å². The highest BCUT2D eigenvalue weighted by molar-refractivity contribution is 5.68. The van der Waals surface area contributed by atoms with Crippen LogP contribution in [0.2, 0.25) is 0 Å². The number of hydrogen-bond acceptors (Lipinski definition) is 3. The quantitative estimate of drug-likeness (QED) is 0.850. The van der Waals surface area contributed by atoms with Crippen molar-refractivity contribution >= 4 is 6.09 Å². The van der Waals surface area contributed by atoms with E-state index < -0.39 is 24.7 Å². The fourth-order valence-electron chi connectivity index (χ4n) is 1.91. The average molecular weight is 265 g/mol. The van der Waals surface area contributed by atoms with Gasteiger partial charge in [-0.05, 0) is 40.0 Å². The summed E-state index contributed by atoms with van der Waals surface area (Å²) in [4.78, 5) is 11.5. The lowest BCUT2D eigenvalue weighted by atomic mass is 10.2. The van der Waals surface area contributed by atoms with E-state index in [2.05, 4.69) is 5.32 Å². The number of halogens is 2. The van der Waals surface area contributed by atoms with Crippen molar-refractivity contribution < 1.29 is 23.0 Å². The molecule has 1 aliphatic carbocycles. The molecule has 18 heavy (non-hydrogen) atoms. The van der Waals surface area contributed by atoms with Crippen LogP contribution in [0.1, 0.15) is 40.0 Å². The monoisotopic (exact) mass is 265 g/mol. The molecule has 4 nitrogen and oxygen atoms in total. The van der Waals surface area contributed by atoms with Gasteiger partial charge in [-0.1, -0.05) is 0 Å². The Labute approximate surface area is 106 Å². The van der Waals surface area contributed by atoms with Gasteiger partial charge in [0.1, 0.15) is 12.2 Å². The van der Waals surface area contributed by atoms with Crippen LogP contribution < -0.4 is 5.32 Å². The summed E-state index contributed by atoms with van der Waals surface area (Å²) in [6, 6.07) is -0.0532. The summed E-state index contributed by atoms with van der Waals surface area (Å²) in [6.07, 6.45) is -1.13. The van der Waals surface area contributed by atoms with Crippen molar-refractivity contribution in [1.29, 1.82) is 0 Å². The molecule has 0 aliphatic heterocycles. The first-order valence-corrected chi connectivity index (χ1v) is 6.15. The lowest BCUT2D eigenvalue weighted by Crippen LogP contribution is -2.38. The van der Waals surface area contributed by atoms with Crippen molar-refractivity contribution in [3.63, 3.8) is 0 Å². The lowest BCUT2D eigenvalue weighted by Gasteiger charge is -2.21. The van der Waals surface area contributed by atoms with Gasteiger partial charge in [-0.2, -0.15) is 0 Å². The van der Waals surface area contributed by atoms with Gasteiger partial charge in [-0.3, -0.25) is 0 Å². The van der Waals surface area contributed by atoms with E-state index in [9.17, 15) is 13.6 Å². The summed E-state index contributed by atoms with van der Waals surface area (Å²) in [5, 5.41) is 2.72. The smallest absolute Gasteiger partial charge is 0.407 e. The third kappa shape index (κ3) is 6.14. The second kappa shape index (κ2) is 6.31. The number of alkyl carbamates (subject to hydrolysis) is 1. The molecular weight excluding hydrogens is 244 g/mol. The van der Waals surface area contributed by atoms with Crippen molar-refractivity contribution in [2.75, 3.05) is 6.61 Å². The van der Waals surface area contributed by atoms with E-state index in [0.29, 0.717) is 12.8 Å². The SMILES string of the molecule is CC(C)(C)OC(=O)N[C@@H]1CC[C@@H](OCC(F)F)C1. The number of carbonyl (C=O) groups excluding carboxylic acids is 1. The van der Waals surface area contributed by atoms with Gasteiger partial charge in [0.05, 0.1) is 6.10 Å². The Morgan fingerprint density at radius 2 is 2.06 bits per heavy atom. The molecule has 0 bridgehead atoms. The van der Waals surface area contributed by atoms with Crippen molar-refractivity contribution in [3.05, 3.63) is 0 Å². The lowest BCUT2D eigenvalue weighted by molar-refractivity contribution is -0.0219. The third-order valence-electron chi connectivity index (χ3n) is 2.56. The van der Waals surface area contributed by atoms with Crippen LogP contribution in [0.25, 0.3) is 0 Å². The fraction of sp³-hybridized carbons (Fsp3) is 0.917. The second-order valence-corrected chi connectivity index (χ2v) is 5.50. The van der Waals surface area contributed by atoms with Crippen LogP contribution in [0.3, 0.4) is 0 Å². The zero-order valence-electron chi connectivity index (χ0n) is 11.0. The van der Waals surface area contributed by atoms with E-state index in [4.69, 9.17) is 9.47 Å². The van der Waals surface area contributed by atoms with Gasteiger partial charge in [0, 0.05) is 6.04 Å². The highest BCUT2D eigenvalue weighted by Gasteiger charge is 2.28. The van der Waals surface area contributed by atoms with Gasteiger partial charge in [0.15, 0.2) is 0 Å². The van der Waals surface area contributed by atoms with Crippen LogP contribution >= 0.6 is 0 Å². The number of amides is 1. The Morgan fingerprint density at radius 1 is 1.39 bits per heavy atom. The maximum atomic E-state index is 12.0. The van der Waals surface area contributed by atoms with Crippen LogP contribution in [0.4, 0.5) is 13.6 Å². The maximum Gasteiger partial charge on any atom is 0.407 e. The molecule has 0 aromatic rings. The Bertz CT molecular complexity index is 279. The Hall–Kier alpha value is -0.910. The molecule has 0 saturated heterocycles. The first-order chi connectivity index (χ1) is 8.26. The van der Waals surface area contributed by atoms with Gasteiger partial charge in [0.25, 0.3) is 6.43 Å². The topological polar surface area (TPSA) is 47.6 Å². The molecule has 1 fully saturated rings. The highest BCUT2D eigenvalue weighted by atomic mass is 19.3. The molecule has 0 unspecified atom stereocenters. The summed E-state index contributed by atoms with van der Waals surface area (Å²) in [6.45, 7) is 4.82. The van der Waals surface area contributed by atoms with Crippen molar-refractivity contribution in [2.45, 2.75) is 64.2 Å². The predicted molar refractivity (Wildman–Crippen MR) is 62.8 cm³/mol. The number of alkyl halides is 2. The van der Waals surface area contributed by atoms with Crippen LogP contribution in [0, 0.1) is 0 Å². The van der Waals surface area contributed by atoms with E-state index in [1.807, 2.05) is 0 Å². The Balaban J connectivity index is 2.24. The molecular formula is C12H21F2NO3. The van der Waals surface area contributed by atoms with Gasteiger partial charge in [0.2, 0.25) is 0 Å². The largest absolute Gasteiger partial charge is 0.444 e. The Kier molecular flexibility index (Phi) is 5.31. The van der Waals surface area contributed by atoms with E-state index in [0.717, 1.165) is 6.42 Å². The maximum absolute atomic E-state index is 12.0. The molecule has 1 N–H and O–H groups in total. The Morgan fingerprint density at radius 3 is 2.61 bits per heavy atom. The minimum atomic E-state index is -2.44. The van der Waals surface area contributed by atoms with Gasteiger partial charge in [-0.15, -0.1) is 0 Å². The number of hydrogen-bond donors (Lipinski definition) is 1. The molecule has 1 aliphatic rings. The molecule has 0 radical (unpaired) electrons. The predicted octanol–water partition coefficient (Wildman–Crippen LogP) is 2.71. The number of rotatable bonds is 4. The average Bonchev–Trinajstić information content (AvgIpc) is 2.59. The van der Waals surface area contributed by atoms with Gasteiger partial charge in [-0.25, -0.2) is 13.6 Å². The molecule has 2 atom stereocenters. The van der Waals surface area contributed by atoms with E-state index in [1.165, 1.54) is 0 Å². The first-order valence-electron chi connectivity index (χ1n) is 6.15. The minimum Gasteiger partial charge on any atom is -0.444 e. The fourth-order valence-corrected chi connectivity index (χ4v) is 1.91. The molecule has 1 saturated carbocycles. The molecule has 0 aromatic carbocycles. The van der Waals surface area contributed by atoms with Crippen molar-refractivity contribution in [1.82, 2.24) is 5.32 Å². The zero-order valence-corrected chi connectivity index (χ0v) is 11.0. The molecule has 0 heterocycles. The summed E-state index contributed by atoms with van der Waals surface area (Å²) < 4.78 is 34.1. The minimum absolute atomic E-state index is 0.0532. The third-order valence-corrected chi connectivity index (χ3v) is 2.56. The number of carbonyl (C=O) groups is 1. The standard InChI is InChI=1S/C12H21F2NO3/c1-12(2,3)18-11(16)15-8-4-5-9(6-8)17-7-10(13)14/h8-10H,4-7H2,1-3H3,(H,15,16)/t8-,9-/m1/s1. The van der Waals surface area contributed by atoms with Crippen molar-refractivity contribution in [2.24, 2.45) is 0 Å². The van der Waals surface area contributed by atoms with E-state index >= 15 is 0 Å². The number of ether oxygens (including phenoxy) is 2. The second-order valence-electron chi connectivity index (χ2n) is 5.50. The molecule has 0 aromatic heterocycles. The van der Waals surface area contributed by atoms with Crippen LogP contribution in [0.15, 0.2) is 0 Å². The highest BCUT2D eigenvalue weighted by Crippen LogP contribution is 2.23. The first kappa shape index (κ1) is 15.1. The molecule has 1 amide bonds. The number of nitrogens with one attached hydrogen (secondary N) is 1. The zero-order chi connectivity index (χ0) is 13.8. The molecule has 106 valence electrons. The van der Waals surface area contributed by atoms with Crippen molar-refractivity contribution in [3.8, 4) is 0 Å². The summed E-state index contributed by atoms with van der Waals surface area (Å²) >= 11 is 0. The van der Waals surface area contributed by atoms with Crippen LogP contribution in [0.5, 0.6) is 0 Å². The van der Waals surface area contributed by atoms with Crippen LogP contribution in [-0.2, 0) is 9.47 Å².